The molecular weight excluding hydrogens is 321 g/mol. The van der Waals surface area contributed by atoms with Crippen molar-refractivity contribution in [2.45, 2.75) is 12.7 Å². The smallest absolute Gasteiger partial charge is 0.387 e. The van der Waals surface area contributed by atoms with Crippen LogP contribution in [0.25, 0.3) is 0 Å². The first-order valence-corrected chi connectivity index (χ1v) is 6.33. The summed E-state index contributed by atoms with van der Waals surface area (Å²) in [6.07, 6.45) is 1.88. The van der Waals surface area contributed by atoms with Crippen LogP contribution in [0.15, 0.2) is 36.9 Å². The molecule has 7 heteroatoms. The highest BCUT2D eigenvalue weighted by Gasteiger charge is 2.19. The quantitative estimate of drug-likeness (QED) is 0.832. The summed E-state index contributed by atoms with van der Waals surface area (Å²) < 4.78 is 28.5. The van der Waals surface area contributed by atoms with Crippen LogP contribution in [-0.4, -0.2) is 37.7 Å². The number of hydrogen-bond donors (Lipinski definition) is 1. The predicted octanol–water partition coefficient (Wildman–Crippen LogP) is 3.26. The number of hydrogen-bond acceptors (Lipinski definition) is 3. The third-order valence-corrected chi connectivity index (χ3v) is 3.22. The van der Waals surface area contributed by atoms with E-state index in [1.54, 1.807) is 12.1 Å². The Hall–Kier alpha value is -0.880. The highest BCUT2D eigenvalue weighted by atomic mass is 35.5. The molecule has 21 heavy (non-hydrogen) atoms. The summed E-state index contributed by atoms with van der Waals surface area (Å²) in [6.45, 7) is 4.90. The Labute approximate surface area is 136 Å². The van der Waals surface area contributed by atoms with Gasteiger partial charge in [0.1, 0.15) is 5.75 Å². The molecule has 0 amide bonds. The largest absolute Gasteiger partial charge is 0.435 e. The molecule has 1 N–H and O–H groups in total. The first-order chi connectivity index (χ1) is 9.20. The van der Waals surface area contributed by atoms with Gasteiger partial charge in [0.15, 0.2) is 0 Å². The van der Waals surface area contributed by atoms with Crippen LogP contribution >= 0.6 is 24.8 Å². The minimum Gasteiger partial charge on any atom is -0.435 e. The topological polar surface area (TPSA) is 24.5 Å². The van der Waals surface area contributed by atoms with Crippen molar-refractivity contribution >= 4 is 24.8 Å². The second kappa shape index (κ2) is 9.95. The number of ether oxygens (including phenoxy) is 1. The van der Waals surface area contributed by atoms with Gasteiger partial charge in [-0.1, -0.05) is 18.2 Å². The third kappa shape index (κ3) is 5.79. The van der Waals surface area contributed by atoms with Gasteiger partial charge >= 0.3 is 6.61 Å². The summed E-state index contributed by atoms with van der Waals surface area (Å²) in [7, 11) is 0. The Balaban J connectivity index is 0.00000200. The van der Waals surface area contributed by atoms with E-state index < -0.39 is 6.61 Å². The Morgan fingerprint density at radius 2 is 1.71 bits per heavy atom. The van der Waals surface area contributed by atoms with Gasteiger partial charge in [-0.3, -0.25) is 4.90 Å². The fourth-order valence-electron chi connectivity index (χ4n) is 2.30. The molecular formula is C14H20Cl2F2N2O. The maximum Gasteiger partial charge on any atom is 0.387 e. The standard InChI is InChI=1S/C14H18F2N2O.2ClH/c1-2-13(18-9-7-17-8-10-18)11-3-5-12(6-4-11)19-14(15)16;;/h2-6,13-14,17H,1,7-10H2;2*1H/t13-;;/m0../s1. The van der Waals surface area contributed by atoms with Crippen molar-refractivity contribution in [2.24, 2.45) is 0 Å². The SMILES string of the molecule is C=C[C@@H](c1ccc(OC(F)F)cc1)N1CCNCC1.Cl.Cl. The summed E-state index contributed by atoms with van der Waals surface area (Å²) in [4.78, 5) is 2.31. The van der Waals surface area contributed by atoms with Crippen LogP contribution in [0.2, 0.25) is 0 Å². The molecule has 0 spiro atoms. The van der Waals surface area contributed by atoms with Crippen LogP contribution in [0.4, 0.5) is 8.78 Å². The summed E-state index contributed by atoms with van der Waals surface area (Å²) in [5, 5.41) is 3.30. The van der Waals surface area contributed by atoms with Gasteiger partial charge in [0.05, 0.1) is 6.04 Å². The van der Waals surface area contributed by atoms with E-state index in [4.69, 9.17) is 0 Å². The number of nitrogens with zero attached hydrogens (tertiary/aromatic N) is 1. The lowest BCUT2D eigenvalue weighted by Gasteiger charge is -2.33. The summed E-state index contributed by atoms with van der Waals surface area (Å²) in [6, 6.07) is 6.88. The molecule has 3 nitrogen and oxygen atoms in total. The highest BCUT2D eigenvalue weighted by Crippen LogP contribution is 2.24. The van der Waals surface area contributed by atoms with Crippen LogP contribution in [0, 0.1) is 0 Å². The number of rotatable bonds is 5. The van der Waals surface area contributed by atoms with Crippen molar-refractivity contribution in [3.63, 3.8) is 0 Å². The van der Waals surface area contributed by atoms with E-state index in [1.165, 1.54) is 0 Å². The fourth-order valence-corrected chi connectivity index (χ4v) is 2.30. The molecule has 1 saturated heterocycles. The molecule has 1 aromatic carbocycles. The zero-order valence-electron chi connectivity index (χ0n) is 11.5. The van der Waals surface area contributed by atoms with Crippen molar-refractivity contribution in [3.8, 4) is 5.75 Å². The lowest BCUT2D eigenvalue weighted by molar-refractivity contribution is -0.0498. The summed E-state index contributed by atoms with van der Waals surface area (Å²) >= 11 is 0. The molecule has 0 aliphatic carbocycles. The molecule has 1 atom stereocenters. The first-order valence-electron chi connectivity index (χ1n) is 6.33. The van der Waals surface area contributed by atoms with Crippen molar-refractivity contribution in [1.29, 1.82) is 0 Å². The van der Waals surface area contributed by atoms with E-state index in [2.05, 4.69) is 21.5 Å². The van der Waals surface area contributed by atoms with Crippen LogP contribution < -0.4 is 10.1 Å². The minimum atomic E-state index is -2.78. The minimum absolute atomic E-state index is 0. The van der Waals surface area contributed by atoms with Gasteiger partial charge in [0.25, 0.3) is 0 Å². The molecule has 2 rings (SSSR count). The molecule has 0 radical (unpaired) electrons. The Morgan fingerprint density at radius 3 is 2.19 bits per heavy atom. The second-order valence-corrected chi connectivity index (χ2v) is 4.41. The van der Waals surface area contributed by atoms with Crippen molar-refractivity contribution in [1.82, 2.24) is 10.2 Å². The van der Waals surface area contributed by atoms with Gasteiger partial charge in [-0.25, -0.2) is 0 Å². The summed E-state index contributed by atoms with van der Waals surface area (Å²) in [5.74, 6) is 0.182. The van der Waals surface area contributed by atoms with Crippen LogP contribution in [0.5, 0.6) is 5.75 Å². The van der Waals surface area contributed by atoms with Gasteiger partial charge in [-0.05, 0) is 17.7 Å². The van der Waals surface area contributed by atoms with Crippen molar-refractivity contribution in [2.75, 3.05) is 26.2 Å². The monoisotopic (exact) mass is 340 g/mol. The average molecular weight is 341 g/mol. The van der Waals surface area contributed by atoms with Gasteiger partial charge in [0.2, 0.25) is 0 Å². The fraction of sp³-hybridized carbons (Fsp3) is 0.429. The van der Waals surface area contributed by atoms with Gasteiger partial charge in [-0.15, -0.1) is 31.4 Å². The lowest BCUT2D eigenvalue weighted by Crippen LogP contribution is -2.44. The first kappa shape index (κ1) is 20.1. The lowest BCUT2D eigenvalue weighted by atomic mass is 10.0. The van der Waals surface area contributed by atoms with Crippen LogP contribution in [-0.2, 0) is 0 Å². The molecule has 0 unspecified atom stereocenters. The molecule has 1 aliphatic rings. The van der Waals surface area contributed by atoms with Gasteiger partial charge in [-0.2, -0.15) is 8.78 Å². The number of benzene rings is 1. The van der Waals surface area contributed by atoms with E-state index in [0.717, 1.165) is 31.7 Å². The average Bonchev–Trinajstić information content (AvgIpc) is 2.42. The van der Waals surface area contributed by atoms with E-state index >= 15 is 0 Å². The summed E-state index contributed by atoms with van der Waals surface area (Å²) in [5.41, 5.74) is 1.04. The van der Waals surface area contributed by atoms with Crippen molar-refractivity contribution in [3.05, 3.63) is 42.5 Å². The molecule has 0 aromatic heterocycles. The van der Waals surface area contributed by atoms with Crippen LogP contribution in [0.1, 0.15) is 11.6 Å². The molecule has 1 fully saturated rings. The maximum atomic E-state index is 12.1. The molecule has 1 aromatic rings. The maximum absolute atomic E-state index is 12.1. The second-order valence-electron chi connectivity index (χ2n) is 4.41. The zero-order chi connectivity index (χ0) is 13.7. The number of halogens is 4. The molecule has 0 bridgehead atoms. The highest BCUT2D eigenvalue weighted by molar-refractivity contribution is 5.85. The Kier molecular flexibility index (Phi) is 9.53. The molecule has 0 saturated carbocycles. The zero-order valence-corrected chi connectivity index (χ0v) is 13.1. The third-order valence-electron chi connectivity index (χ3n) is 3.22. The molecule has 1 heterocycles. The van der Waals surface area contributed by atoms with E-state index in [9.17, 15) is 8.78 Å². The number of alkyl halides is 2. The molecule has 1 aliphatic heterocycles. The van der Waals surface area contributed by atoms with Crippen molar-refractivity contribution < 1.29 is 13.5 Å². The van der Waals surface area contributed by atoms with E-state index in [0.29, 0.717) is 0 Å². The molecule has 120 valence electrons. The number of piperazine rings is 1. The Bertz CT molecular complexity index is 412. The van der Waals surface area contributed by atoms with Crippen LogP contribution in [0.3, 0.4) is 0 Å². The van der Waals surface area contributed by atoms with E-state index in [-0.39, 0.29) is 36.6 Å². The van der Waals surface area contributed by atoms with E-state index in [1.807, 2.05) is 18.2 Å². The van der Waals surface area contributed by atoms with Gasteiger partial charge < -0.3 is 10.1 Å². The Morgan fingerprint density at radius 1 is 1.14 bits per heavy atom. The predicted molar refractivity (Wildman–Crippen MR) is 85.0 cm³/mol. The number of nitrogens with one attached hydrogen (secondary N) is 1. The van der Waals surface area contributed by atoms with Gasteiger partial charge in [0, 0.05) is 26.2 Å². The normalized spacial score (nSPS) is 16.5.